The third-order valence-corrected chi connectivity index (χ3v) is 14.1. The number of ether oxygens (including phenoxy) is 1. The molecule has 1 fully saturated rings. The number of para-hydroxylation sites is 5. The number of rotatable bonds is 6. The van der Waals surface area contributed by atoms with Crippen molar-refractivity contribution in [3.8, 4) is 16.9 Å². The third-order valence-electron chi connectivity index (χ3n) is 14.1. The van der Waals surface area contributed by atoms with Crippen LogP contribution in [0.2, 0.25) is 0 Å². The van der Waals surface area contributed by atoms with Crippen LogP contribution in [0.3, 0.4) is 0 Å². The molecular formula is C59H46N2O3. The molecule has 2 aliphatic heterocycles. The number of aliphatic imine (C=N–C) groups is 1. The van der Waals surface area contributed by atoms with E-state index in [1.54, 1.807) is 0 Å². The SMILES string of the molecule is C1=CC2C(C=C1c1cccc3c1oc1ccccc13)C2C1C=C(c2ccc(-c3cccc4c3oc3ccccc34)cc2)NC(C2=CC=C(c3cccc4c3OCCC/C=C\C4)CC2)=N1. The summed E-state index contributed by atoms with van der Waals surface area (Å²) in [4.78, 5) is 5.57. The van der Waals surface area contributed by atoms with E-state index in [2.05, 4.69) is 163 Å². The second-order valence-electron chi connectivity index (χ2n) is 17.9. The summed E-state index contributed by atoms with van der Waals surface area (Å²) in [6, 6.07) is 45.2. The van der Waals surface area contributed by atoms with Crippen LogP contribution in [0, 0.1) is 17.8 Å². The van der Waals surface area contributed by atoms with Crippen LogP contribution >= 0.6 is 0 Å². The Morgan fingerprint density at radius 3 is 2.03 bits per heavy atom. The molecule has 5 heteroatoms. The van der Waals surface area contributed by atoms with E-state index in [1.165, 1.54) is 27.8 Å². The lowest BCUT2D eigenvalue weighted by molar-refractivity contribution is 0.309. The van der Waals surface area contributed by atoms with Crippen molar-refractivity contribution >= 4 is 66.6 Å². The second kappa shape index (κ2) is 15.2. The highest BCUT2D eigenvalue weighted by Gasteiger charge is 2.53. The van der Waals surface area contributed by atoms with E-state index in [0.717, 1.165) is 122 Å². The van der Waals surface area contributed by atoms with Crippen molar-refractivity contribution in [1.82, 2.24) is 5.32 Å². The summed E-state index contributed by atoms with van der Waals surface area (Å²) < 4.78 is 19.4. The van der Waals surface area contributed by atoms with Crippen LogP contribution in [-0.4, -0.2) is 18.5 Å². The maximum atomic E-state index is 6.48. The van der Waals surface area contributed by atoms with Gasteiger partial charge in [-0.1, -0.05) is 158 Å². The Bertz CT molecular complexity index is 3420. The van der Waals surface area contributed by atoms with Gasteiger partial charge in [-0.15, -0.1) is 0 Å². The normalized spacial score (nSPS) is 22.2. The molecule has 8 aromatic rings. The number of fused-ring (bicyclic) bond motifs is 8. The number of allylic oxidation sites excluding steroid dienone is 9. The van der Waals surface area contributed by atoms with E-state index in [1.807, 2.05) is 18.2 Å². The smallest absolute Gasteiger partial charge is 0.143 e. The summed E-state index contributed by atoms with van der Waals surface area (Å²) in [5.41, 5.74) is 15.6. The highest BCUT2D eigenvalue weighted by Crippen LogP contribution is 2.56. The fraction of sp³-hybridized carbons (Fsp3) is 0.169. The molecule has 5 aliphatic rings. The molecule has 64 heavy (non-hydrogen) atoms. The van der Waals surface area contributed by atoms with Crippen molar-refractivity contribution in [2.45, 2.75) is 38.1 Å². The van der Waals surface area contributed by atoms with Gasteiger partial charge in [0.15, 0.2) is 0 Å². The number of hydrogen-bond donors (Lipinski definition) is 1. The molecule has 6 aromatic carbocycles. The molecule has 5 nitrogen and oxygen atoms in total. The zero-order chi connectivity index (χ0) is 42.1. The molecule has 2 aromatic heterocycles. The monoisotopic (exact) mass is 830 g/mol. The zero-order valence-corrected chi connectivity index (χ0v) is 35.5. The van der Waals surface area contributed by atoms with Crippen molar-refractivity contribution < 1.29 is 13.6 Å². The van der Waals surface area contributed by atoms with Gasteiger partial charge in [0.1, 0.15) is 33.9 Å². The van der Waals surface area contributed by atoms with Gasteiger partial charge in [0.05, 0.1) is 12.6 Å². The average molecular weight is 831 g/mol. The van der Waals surface area contributed by atoms with E-state index in [-0.39, 0.29) is 6.04 Å². The van der Waals surface area contributed by atoms with E-state index in [4.69, 9.17) is 18.6 Å². The second-order valence-corrected chi connectivity index (χ2v) is 17.9. The Labute approximate surface area is 372 Å². The molecule has 4 atom stereocenters. The van der Waals surface area contributed by atoms with Gasteiger partial charge in [0, 0.05) is 43.9 Å². The predicted molar refractivity (Wildman–Crippen MR) is 262 cm³/mol. The van der Waals surface area contributed by atoms with Crippen LogP contribution in [0.4, 0.5) is 0 Å². The first kappa shape index (κ1) is 37.2. The first-order valence-corrected chi connectivity index (χ1v) is 22.9. The summed E-state index contributed by atoms with van der Waals surface area (Å²) in [6.07, 6.45) is 23.6. The van der Waals surface area contributed by atoms with Crippen LogP contribution in [0.5, 0.6) is 5.75 Å². The van der Waals surface area contributed by atoms with Crippen molar-refractivity contribution in [2.24, 2.45) is 22.7 Å². The van der Waals surface area contributed by atoms with E-state index < -0.39 is 0 Å². The van der Waals surface area contributed by atoms with Gasteiger partial charge in [-0.3, -0.25) is 4.99 Å². The number of nitrogens with one attached hydrogen (secondary N) is 1. The topological polar surface area (TPSA) is 59.9 Å². The number of amidine groups is 1. The average Bonchev–Trinajstić information content (AvgIpc) is 3.69. The van der Waals surface area contributed by atoms with Crippen LogP contribution < -0.4 is 10.1 Å². The summed E-state index contributed by atoms with van der Waals surface area (Å²) in [5, 5.41) is 8.45. The Kier molecular flexibility index (Phi) is 8.82. The first-order chi connectivity index (χ1) is 31.7. The fourth-order valence-electron chi connectivity index (χ4n) is 10.8. The minimum atomic E-state index is 0.0120. The minimum Gasteiger partial charge on any atom is -0.493 e. The summed E-state index contributed by atoms with van der Waals surface area (Å²) in [7, 11) is 0. The van der Waals surface area contributed by atoms with Crippen LogP contribution in [0.25, 0.3) is 71.8 Å². The summed E-state index contributed by atoms with van der Waals surface area (Å²) in [5.74, 6) is 3.19. The molecule has 0 radical (unpaired) electrons. The maximum Gasteiger partial charge on any atom is 0.143 e. The molecular weight excluding hydrogens is 785 g/mol. The van der Waals surface area contributed by atoms with Gasteiger partial charge in [-0.05, 0) is 101 Å². The van der Waals surface area contributed by atoms with E-state index in [0.29, 0.717) is 17.8 Å². The van der Waals surface area contributed by atoms with Crippen molar-refractivity contribution in [3.63, 3.8) is 0 Å². The van der Waals surface area contributed by atoms with Gasteiger partial charge in [-0.25, -0.2) is 0 Å². The highest BCUT2D eigenvalue weighted by atomic mass is 16.5. The predicted octanol–water partition coefficient (Wildman–Crippen LogP) is 14.5. The molecule has 0 spiro atoms. The number of nitrogens with zero attached hydrogens (tertiary/aromatic N) is 1. The molecule has 4 unspecified atom stereocenters. The summed E-state index contributed by atoms with van der Waals surface area (Å²) in [6.45, 7) is 0.737. The van der Waals surface area contributed by atoms with Gasteiger partial charge in [-0.2, -0.15) is 0 Å². The number of furan rings is 2. The lowest BCUT2D eigenvalue weighted by Gasteiger charge is -2.26. The molecule has 4 heterocycles. The van der Waals surface area contributed by atoms with Gasteiger partial charge in [0.25, 0.3) is 0 Å². The third kappa shape index (κ3) is 6.32. The molecule has 13 rings (SSSR count). The Morgan fingerprint density at radius 2 is 1.25 bits per heavy atom. The number of hydrogen-bond acceptors (Lipinski definition) is 5. The van der Waals surface area contributed by atoms with Crippen molar-refractivity contribution in [1.29, 1.82) is 0 Å². The Hall–Kier alpha value is -7.37. The Balaban J connectivity index is 0.847. The molecule has 1 N–H and O–H groups in total. The van der Waals surface area contributed by atoms with E-state index in [9.17, 15) is 0 Å². The van der Waals surface area contributed by atoms with Crippen molar-refractivity contribution in [2.75, 3.05) is 6.61 Å². The zero-order valence-electron chi connectivity index (χ0n) is 35.5. The van der Waals surface area contributed by atoms with Gasteiger partial charge in [0.2, 0.25) is 0 Å². The van der Waals surface area contributed by atoms with Crippen molar-refractivity contribution in [3.05, 3.63) is 204 Å². The lowest BCUT2D eigenvalue weighted by atomic mass is 9.90. The molecule has 1 saturated carbocycles. The van der Waals surface area contributed by atoms with Crippen LogP contribution in [-0.2, 0) is 6.42 Å². The molecule has 0 saturated heterocycles. The largest absolute Gasteiger partial charge is 0.493 e. The highest BCUT2D eigenvalue weighted by molar-refractivity contribution is 6.10. The summed E-state index contributed by atoms with van der Waals surface area (Å²) >= 11 is 0. The fourth-order valence-corrected chi connectivity index (χ4v) is 10.8. The van der Waals surface area contributed by atoms with Crippen LogP contribution in [0.15, 0.2) is 195 Å². The standard InChI is InChI=1S/C59H46N2O3/c1-2-8-33-62-56-39(12-3-1)13-9-16-42(56)36-25-29-40(30-26-36)59-60-51(38-27-23-37(24-28-38)43-17-10-19-48-45-14-4-6-21-53(45)63-57(43)48)35-52(61-59)55-47-32-31-41(34-50(47)55)44-18-11-20-49-46-15-5-7-22-54(46)64-58(44)49/h1,3-7,9-11,13-25,27-29,31-32,34-35,47,50,52,55H,2,8,12,26,30,33H2,(H,60,61)/b3-1-. The van der Waals surface area contributed by atoms with Crippen LogP contribution in [0.1, 0.15) is 47.9 Å². The number of benzene rings is 6. The van der Waals surface area contributed by atoms with Gasteiger partial charge < -0.3 is 18.9 Å². The first-order valence-electron chi connectivity index (χ1n) is 22.9. The van der Waals surface area contributed by atoms with Gasteiger partial charge >= 0.3 is 0 Å². The molecule has 0 bridgehead atoms. The lowest BCUT2D eigenvalue weighted by Crippen LogP contribution is -2.32. The Morgan fingerprint density at radius 1 is 0.578 bits per heavy atom. The molecule has 0 amide bonds. The molecule has 3 aliphatic carbocycles. The minimum absolute atomic E-state index is 0.0120. The maximum absolute atomic E-state index is 6.48. The quantitative estimate of drug-likeness (QED) is 0.170. The van der Waals surface area contributed by atoms with E-state index >= 15 is 0 Å². The molecule has 310 valence electrons.